The summed E-state index contributed by atoms with van der Waals surface area (Å²) in [6, 6.07) is 15.8. The van der Waals surface area contributed by atoms with Crippen molar-refractivity contribution < 1.29 is 4.74 Å². The van der Waals surface area contributed by atoms with Gasteiger partial charge < -0.3 is 9.64 Å². The molecule has 2 heterocycles. The lowest BCUT2D eigenvalue weighted by molar-refractivity contribution is 0.0205. The van der Waals surface area contributed by atoms with Crippen LogP contribution in [-0.2, 0) is 4.74 Å². The molecule has 0 bridgehead atoms. The molecule has 128 valence electrons. The summed E-state index contributed by atoms with van der Waals surface area (Å²) >= 11 is 0. The van der Waals surface area contributed by atoms with E-state index in [4.69, 9.17) is 4.74 Å². The van der Waals surface area contributed by atoms with E-state index in [1.54, 1.807) is 6.07 Å². The van der Waals surface area contributed by atoms with E-state index in [2.05, 4.69) is 40.8 Å². The predicted molar refractivity (Wildman–Crippen MR) is 99.0 cm³/mol. The second-order valence-corrected chi connectivity index (χ2v) is 6.59. The molecule has 0 radical (unpaired) electrons. The average Bonchev–Trinajstić information content (AvgIpc) is 2.63. The lowest BCUT2D eigenvalue weighted by Crippen LogP contribution is -2.46. The van der Waals surface area contributed by atoms with Crippen LogP contribution in [0.4, 0.5) is 5.95 Å². The number of benzene rings is 2. The number of nitrogens with zero attached hydrogens (tertiary/aromatic N) is 2. The number of hydrogen-bond acceptors (Lipinski definition) is 4. The quantitative estimate of drug-likeness (QED) is 0.781. The third kappa shape index (κ3) is 2.91. The Morgan fingerprint density at radius 3 is 2.76 bits per heavy atom. The van der Waals surface area contributed by atoms with Crippen LogP contribution in [0.25, 0.3) is 10.9 Å². The number of morpholine rings is 1. The van der Waals surface area contributed by atoms with Gasteiger partial charge in [0.05, 0.1) is 30.1 Å². The van der Waals surface area contributed by atoms with E-state index in [-0.39, 0.29) is 17.7 Å². The van der Waals surface area contributed by atoms with Gasteiger partial charge in [-0.05, 0) is 37.1 Å². The van der Waals surface area contributed by atoms with Crippen molar-refractivity contribution in [1.29, 1.82) is 0 Å². The summed E-state index contributed by atoms with van der Waals surface area (Å²) in [7, 11) is 0. The van der Waals surface area contributed by atoms with E-state index in [0.29, 0.717) is 30.0 Å². The summed E-state index contributed by atoms with van der Waals surface area (Å²) in [4.78, 5) is 22.2. The Morgan fingerprint density at radius 1 is 1.16 bits per heavy atom. The fourth-order valence-electron chi connectivity index (χ4n) is 3.40. The van der Waals surface area contributed by atoms with Crippen LogP contribution < -0.4 is 10.5 Å². The van der Waals surface area contributed by atoms with Crippen molar-refractivity contribution in [3.63, 3.8) is 0 Å². The smallest absolute Gasteiger partial charge is 0.260 e. The van der Waals surface area contributed by atoms with E-state index < -0.39 is 0 Å². The number of aromatic amines is 1. The minimum absolute atomic E-state index is 0.0332. The molecule has 1 aliphatic heterocycles. The first-order valence-electron chi connectivity index (χ1n) is 8.56. The van der Waals surface area contributed by atoms with E-state index in [0.717, 1.165) is 0 Å². The molecule has 2 aromatic carbocycles. The Balaban J connectivity index is 1.71. The van der Waals surface area contributed by atoms with Gasteiger partial charge >= 0.3 is 0 Å². The van der Waals surface area contributed by atoms with Gasteiger partial charge in [0.25, 0.3) is 5.56 Å². The van der Waals surface area contributed by atoms with Gasteiger partial charge in [0, 0.05) is 0 Å². The van der Waals surface area contributed by atoms with Gasteiger partial charge in [0.2, 0.25) is 5.95 Å². The minimum Gasteiger partial charge on any atom is -0.370 e. The fraction of sp³-hybridized carbons (Fsp3) is 0.300. The predicted octanol–water partition coefficient (Wildman–Crippen LogP) is 3.20. The zero-order chi connectivity index (χ0) is 17.4. The maximum atomic E-state index is 12.4. The number of aromatic nitrogens is 2. The summed E-state index contributed by atoms with van der Waals surface area (Å²) in [5.74, 6) is 0.609. The van der Waals surface area contributed by atoms with Crippen molar-refractivity contribution in [2.45, 2.75) is 26.0 Å². The van der Waals surface area contributed by atoms with Gasteiger partial charge in [-0.25, -0.2) is 4.98 Å². The summed E-state index contributed by atoms with van der Waals surface area (Å²) in [5, 5.41) is 0.614. The van der Waals surface area contributed by atoms with Crippen LogP contribution in [0.5, 0.6) is 0 Å². The number of aryl methyl sites for hydroxylation is 1. The fourth-order valence-corrected chi connectivity index (χ4v) is 3.40. The van der Waals surface area contributed by atoms with Crippen molar-refractivity contribution in [2.75, 3.05) is 18.1 Å². The van der Waals surface area contributed by atoms with E-state index in [9.17, 15) is 4.79 Å². The largest absolute Gasteiger partial charge is 0.370 e. The van der Waals surface area contributed by atoms with E-state index in [1.165, 1.54) is 11.1 Å². The molecule has 1 aromatic heterocycles. The Hall–Kier alpha value is -2.66. The highest BCUT2D eigenvalue weighted by atomic mass is 16.5. The second-order valence-electron chi connectivity index (χ2n) is 6.59. The monoisotopic (exact) mass is 335 g/mol. The molecule has 4 rings (SSSR count). The molecule has 25 heavy (non-hydrogen) atoms. The highest BCUT2D eigenvalue weighted by Gasteiger charge is 2.29. The van der Waals surface area contributed by atoms with Crippen molar-refractivity contribution in [3.05, 3.63) is 70.0 Å². The highest BCUT2D eigenvalue weighted by molar-refractivity contribution is 5.78. The van der Waals surface area contributed by atoms with Gasteiger partial charge in [-0.15, -0.1) is 0 Å². The number of para-hydroxylation sites is 1. The Bertz CT molecular complexity index is 966. The molecule has 0 aliphatic carbocycles. The van der Waals surface area contributed by atoms with Crippen LogP contribution in [0, 0.1) is 6.92 Å². The molecule has 1 aliphatic rings. The first-order chi connectivity index (χ1) is 12.1. The van der Waals surface area contributed by atoms with Gasteiger partial charge in [0.1, 0.15) is 6.10 Å². The molecule has 2 atom stereocenters. The van der Waals surface area contributed by atoms with Crippen LogP contribution in [0.15, 0.2) is 53.3 Å². The van der Waals surface area contributed by atoms with Crippen molar-refractivity contribution in [2.24, 2.45) is 0 Å². The molecule has 0 spiro atoms. The molecular formula is C20H21N3O2. The van der Waals surface area contributed by atoms with E-state index in [1.807, 2.05) is 30.3 Å². The lowest BCUT2D eigenvalue weighted by Gasteiger charge is -2.39. The SMILES string of the molecule is Cc1ccccc1[C@@H]1CN(c2nc3ccccc3c(=O)[nH]2)[C@H](C)CO1. The molecular weight excluding hydrogens is 314 g/mol. The molecule has 0 unspecified atom stereocenters. The highest BCUT2D eigenvalue weighted by Crippen LogP contribution is 2.29. The third-order valence-corrected chi connectivity index (χ3v) is 4.84. The first kappa shape index (κ1) is 15.8. The van der Waals surface area contributed by atoms with Crippen LogP contribution in [-0.4, -0.2) is 29.2 Å². The van der Waals surface area contributed by atoms with Crippen LogP contribution in [0.2, 0.25) is 0 Å². The molecule has 0 saturated carbocycles. The number of anilines is 1. The van der Waals surface area contributed by atoms with E-state index >= 15 is 0 Å². The van der Waals surface area contributed by atoms with Gasteiger partial charge in [-0.3, -0.25) is 9.78 Å². The van der Waals surface area contributed by atoms with Crippen molar-refractivity contribution in [1.82, 2.24) is 9.97 Å². The Kier molecular flexibility index (Phi) is 4.01. The number of rotatable bonds is 2. The summed E-state index contributed by atoms with van der Waals surface area (Å²) < 4.78 is 6.07. The zero-order valence-corrected chi connectivity index (χ0v) is 14.4. The van der Waals surface area contributed by atoms with Crippen molar-refractivity contribution in [3.8, 4) is 0 Å². The maximum Gasteiger partial charge on any atom is 0.260 e. The van der Waals surface area contributed by atoms with Crippen LogP contribution in [0.3, 0.4) is 0 Å². The summed E-state index contributed by atoms with van der Waals surface area (Å²) in [5.41, 5.74) is 3.00. The number of H-pyrrole nitrogens is 1. The zero-order valence-electron chi connectivity index (χ0n) is 14.4. The Morgan fingerprint density at radius 2 is 1.92 bits per heavy atom. The molecule has 0 amide bonds. The normalized spacial score (nSPS) is 20.8. The Labute approximate surface area is 146 Å². The molecule has 5 heteroatoms. The lowest BCUT2D eigenvalue weighted by atomic mass is 10.0. The topological polar surface area (TPSA) is 58.2 Å². The van der Waals surface area contributed by atoms with Crippen LogP contribution >= 0.6 is 0 Å². The van der Waals surface area contributed by atoms with Crippen LogP contribution in [0.1, 0.15) is 24.2 Å². The third-order valence-electron chi connectivity index (χ3n) is 4.84. The average molecular weight is 335 g/mol. The molecule has 1 saturated heterocycles. The maximum absolute atomic E-state index is 12.4. The molecule has 5 nitrogen and oxygen atoms in total. The first-order valence-corrected chi connectivity index (χ1v) is 8.56. The molecule has 1 fully saturated rings. The van der Waals surface area contributed by atoms with Gasteiger partial charge in [0.15, 0.2) is 0 Å². The number of ether oxygens (including phenoxy) is 1. The summed E-state index contributed by atoms with van der Waals surface area (Å²) in [6.07, 6.45) is -0.0332. The van der Waals surface area contributed by atoms with Gasteiger partial charge in [-0.2, -0.15) is 0 Å². The standard InChI is InChI=1S/C20H21N3O2/c1-13-7-3-4-8-15(13)18-11-23(14(2)12-25-18)20-21-17-10-6-5-9-16(17)19(24)22-20/h3-10,14,18H,11-12H2,1-2H3,(H,21,22,24)/t14-,18+/m1/s1. The molecule has 1 N–H and O–H groups in total. The summed E-state index contributed by atoms with van der Waals surface area (Å²) in [6.45, 7) is 5.43. The number of hydrogen-bond donors (Lipinski definition) is 1. The second kappa shape index (κ2) is 6.33. The van der Waals surface area contributed by atoms with Gasteiger partial charge in [-0.1, -0.05) is 36.4 Å². The minimum atomic E-state index is -0.105. The molecule has 3 aromatic rings. The number of nitrogens with one attached hydrogen (secondary N) is 1. The number of fused-ring (bicyclic) bond motifs is 1. The van der Waals surface area contributed by atoms with Crippen molar-refractivity contribution >= 4 is 16.9 Å².